The van der Waals surface area contributed by atoms with Gasteiger partial charge in [-0.25, -0.2) is 0 Å². The molecule has 0 radical (unpaired) electrons. The van der Waals surface area contributed by atoms with Crippen LogP contribution in [-0.4, -0.2) is 13.3 Å². The van der Waals surface area contributed by atoms with Gasteiger partial charge < -0.3 is 4.84 Å². The topological polar surface area (TPSA) is 45.4 Å². The van der Waals surface area contributed by atoms with Gasteiger partial charge in [0.2, 0.25) is 0 Å². The second kappa shape index (κ2) is 3.74. The normalized spacial score (nSPS) is 9.82. The highest BCUT2D eigenvalue weighted by Gasteiger charge is 1.94. The van der Waals surface area contributed by atoms with E-state index in [0.717, 1.165) is 4.88 Å². The zero-order valence-corrected chi connectivity index (χ0v) is 6.76. The Hall–Kier alpha value is -1.34. The maximum Gasteiger partial charge on any atom is 0.106 e. The van der Waals surface area contributed by atoms with Gasteiger partial charge in [-0.3, -0.25) is 0 Å². The first kappa shape index (κ1) is 7.76. The third-order valence-corrected chi connectivity index (χ3v) is 1.90. The molecule has 1 aromatic rings. The van der Waals surface area contributed by atoms with Gasteiger partial charge in [-0.15, -0.1) is 11.3 Å². The molecular weight excluding hydrogens is 160 g/mol. The van der Waals surface area contributed by atoms with Crippen molar-refractivity contribution in [3.63, 3.8) is 0 Å². The molecule has 0 amide bonds. The Kier molecular flexibility index (Phi) is 2.64. The summed E-state index contributed by atoms with van der Waals surface area (Å²) < 4.78 is 0. The third kappa shape index (κ3) is 2.06. The van der Waals surface area contributed by atoms with Crippen molar-refractivity contribution in [3.05, 3.63) is 21.9 Å². The highest BCUT2D eigenvalue weighted by molar-refractivity contribution is 7.11. The van der Waals surface area contributed by atoms with Gasteiger partial charge in [-0.2, -0.15) is 5.26 Å². The van der Waals surface area contributed by atoms with Crippen molar-refractivity contribution in [1.82, 2.24) is 0 Å². The molecule has 11 heavy (non-hydrogen) atoms. The van der Waals surface area contributed by atoms with E-state index in [9.17, 15) is 0 Å². The van der Waals surface area contributed by atoms with Gasteiger partial charge in [0.15, 0.2) is 0 Å². The first-order chi connectivity index (χ1) is 5.36. The molecule has 0 aliphatic carbocycles. The van der Waals surface area contributed by atoms with Crippen LogP contribution in [0.5, 0.6) is 0 Å². The molecule has 1 rings (SSSR count). The van der Waals surface area contributed by atoms with Gasteiger partial charge in [0, 0.05) is 5.38 Å². The van der Waals surface area contributed by atoms with Gasteiger partial charge in [0.25, 0.3) is 0 Å². The van der Waals surface area contributed by atoms with Gasteiger partial charge in [0.1, 0.15) is 13.2 Å². The van der Waals surface area contributed by atoms with E-state index < -0.39 is 0 Å². The van der Waals surface area contributed by atoms with Crippen LogP contribution in [-0.2, 0) is 4.84 Å². The summed E-state index contributed by atoms with van der Waals surface area (Å²) in [5.41, 5.74) is 0.660. The van der Waals surface area contributed by atoms with Gasteiger partial charge in [-0.05, 0) is 6.07 Å². The fraction of sp³-hybridized carbons (Fsp3) is 0.143. The summed E-state index contributed by atoms with van der Waals surface area (Å²) in [5, 5.41) is 13.8. The summed E-state index contributed by atoms with van der Waals surface area (Å²) in [5.74, 6) is 0. The van der Waals surface area contributed by atoms with E-state index in [1.54, 1.807) is 17.7 Å². The first-order valence-corrected chi connectivity index (χ1v) is 3.80. The van der Waals surface area contributed by atoms with E-state index in [-0.39, 0.29) is 0 Å². The van der Waals surface area contributed by atoms with E-state index in [2.05, 4.69) is 9.99 Å². The number of hydrogen-bond donors (Lipinski definition) is 0. The highest BCUT2D eigenvalue weighted by Crippen LogP contribution is 2.10. The second-order valence-electron chi connectivity index (χ2n) is 1.77. The number of oxime groups is 1. The van der Waals surface area contributed by atoms with Gasteiger partial charge >= 0.3 is 0 Å². The molecule has 0 unspecified atom stereocenters. The maximum absolute atomic E-state index is 8.46. The van der Waals surface area contributed by atoms with Crippen molar-refractivity contribution in [2.45, 2.75) is 0 Å². The van der Waals surface area contributed by atoms with Crippen LogP contribution in [0.2, 0.25) is 0 Å². The number of nitrogens with zero attached hydrogens (tertiary/aromatic N) is 2. The molecule has 0 aliphatic rings. The van der Waals surface area contributed by atoms with E-state index in [0.29, 0.717) is 5.56 Å². The SMILES string of the molecule is CO/N=C/c1cc(C#N)cs1. The molecule has 0 atom stereocenters. The Balaban J connectivity index is 2.75. The molecule has 0 spiro atoms. The van der Waals surface area contributed by atoms with Crippen LogP contribution in [0.25, 0.3) is 0 Å². The van der Waals surface area contributed by atoms with Crippen LogP contribution in [0.3, 0.4) is 0 Å². The smallest absolute Gasteiger partial charge is 0.106 e. The van der Waals surface area contributed by atoms with Crippen LogP contribution < -0.4 is 0 Å². The Morgan fingerprint density at radius 1 is 1.82 bits per heavy atom. The molecule has 1 heterocycles. The summed E-state index contributed by atoms with van der Waals surface area (Å²) in [6.45, 7) is 0. The lowest BCUT2D eigenvalue weighted by atomic mass is 10.3. The summed E-state index contributed by atoms with van der Waals surface area (Å²) in [6.07, 6.45) is 1.57. The summed E-state index contributed by atoms with van der Waals surface area (Å²) in [4.78, 5) is 5.40. The number of thiophene rings is 1. The zero-order chi connectivity index (χ0) is 8.10. The zero-order valence-electron chi connectivity index (χ0n) is 5.94. The Bertz CT molecular complexity index is 298. The average molecular weight is 166 g/mol. The lowest BCUT2D eigenvalue weighted by Crippen LogP contribution is -1.73. The molecule has 3 nitrogen and oxygen atoms in total. The molecule has 0 saturated heterocycles. The van der Waals surface area contributed by atoms with Crippen molar-refractivity contribution < 1.29 is 4.84 Å². The monoisotopic (exact) mass is 166 g/mol. The van der Waals surface area contributed by atoms with Crippen molar-refractivity contribution in [1.29, 1.82) is 5.26 Å². The lowest BCUT2D eigenvalue weighted by molar-refractivity contribution is 0.215. The second-order valence-corrected chi connectivity index (χ2v) is 2.71. The Morgan fingerprint density at radius 3 is 3.18 bits per heavy atom. The third-order valence-electron chi connectivity index (χ3n) is 1.03. The van der Waals surface area contributed by atoms with Crippen molar-refractivity contribution in [2.24, 2.45) is 5.16 Å². The van der Waals surface area contributed by atoms with Gasteiger partial charge in [-0.1, -0.05) is 5.16 Å². The predicted octanol–water partition coefficient (Wildman–Crippen LogP) is 1.60. The molecule has 0 aliphatic heterocycles. The minimum absolute atomic E-state index is 0.660. The van der Waals surface area contributed by atoms with E-state index in [4.69, 9.17) is 5.26 Å². The largest absolute Gasteiger partial charge is 0.399 e. The van der Waals surface area contributed by atoms with Crippen molar-refractivity contribution >= 4 is 17.6 Å². The minimum atomic E-state index is 0.660. The molecule has 4 heteroatoms. The maximum atomic E-state index is 8.46. The molecule has 1 aromatic heterocycles. The van der Waals surface area contributed by atoms with Crippen LogP contribution in [0.1, 0.15) is 10.4 Å². The lowest BCUT2D eigenvalue weighted by Gasteiger charge is -1.81. The standard InChI is InChI=1S/C7H6N2OS/c1-10-9-4-7-2-6(3-8)5-11-7/h2,4-5H,1H3/b9-4+. The Labute approximate surface area is 68.5 Å². The summed E-state index contributed by atoms with van der Waals surface area (Å²) in [6, 6.07) is 3.79. The van der Waals surface area contributed by atoms with Crippen LogP contribution >= 0.6 is 11.3 Å². The number of hydrogen-bond acceptors (Lipinski definition) is 4. The van der Waals surface area contributed by atoms with Crippen LogP contribution in [0.15, 0.2) is 16.6 Å². The predicted molar refractivity (Wildman–Crippen MR) is 43.6 cm³/mol. The van der Waals surface area contributed by atoms with Crippen LogP contribution in [0.4, 0.5) is 0 Å². The van der Waals surface area contributed by atoms with Crippen molar-refractivity contribution in [2.75, 3.05) is 7.11 Å². The van der Waals surface area contributed by atoms with Gasteiger partial charge in [0.05, 0.1) is 16.7 Å². The van der Waals surface area contributed by atoms with Crippen LogP contribution in [0, 0.1) is 11.3 Å². The quantitative estimate of drug-likeness (QED) is 0.494. The summed E-state index contributed by atoms with van der Waals surface area (Å²) in [7, 11) is 1.48. The molecule has 0 saturated carbocycles. The molecule has 0 N–H and O–H groups in total. The van der Waals surface area contributed by atoms with Crippen molar-refractivity contribution in [3.8, 4) is 6.07 Å². The molecule has 0 aromatic carbocycles. The molecule has 0 bridgehead atoms. The Morgan fingerprint density at radius 2 is 2.64 bits per heavy atom. The molecule has 56 valence electrons. The number of nitriles is 1. The molecule has 0 fully saturated rings. The van der Waals surface area contributed by atoms with E-state index in [1.165, 1.54) is 18.4 Å². The fourth-order valence-electron chi connectivity index (χ4n) is 0.584. The van der Waals surface area contributed by atoms with E-state index in [1.807, 2.05) is 6.07 Å². The fourth-order valence-corrected chi connectivity index (χ4v) is 1.27. The average Bonchev–Trinajstić information content (AvgIpc) is 2.48. The highest BCUT2D eigenvalue weighted by atomic mass is 32.1. The first-order valence-electron chi connectivity index (χ1n) is 2.92. The number of rotatable bonds is 2. The molecular formula is C7H6N2OS. The van der Waals surface area contributed by atoms with E-state index >= 15 is 0 Å². The minimum Gasteiger partial charge on any atom is -0.399 e. The summed E-state index contributed by atoms with van der Waals surface area (Å²) >= 11 is 1.46.